The van der Waals surface area contributed by atoms with Crippen LogP contribution in [0.15, 0.2) is 24.3 Å². The van der Waals surface area contributed by atoms with Crippen molar-refractivity contribution in [3.8, 4) is 0 Å². The molecule has 5 rings (SSSR count). The number of hydrogen-bond donors (Lipinski definition) is 0. The zero-order chi connectivity index (χ0) is 26.8. The molecule has 0 aromatic rings. The Kier molecular flexibility index (Phi) is 10.1. The molecule has 0 bridgehead atoms. The van der Waals surface area contributed by atoms with Gasteiger partial charge < -0.3 is 0 Å². The second-order valence-corrected chi connectivity index (χ2v) is 13.6. The van der Waals surface area contributed by atoms with E-state index in [1.807, 2.05) is 41.5 Å². The van der Waals surface area contributed by atoms with Gasteiger partial charge in [-0.1, -0.05) is 100 Å². The van der Waals surface area contributed by atoms with E-state index >= 15 is 0 Å². The summed E-state index contributed by atoms with van der Waals surface area (Å²) >= 11 is 0. The van der Waals surface area contributed by atoms with Crippen LogP contribution in [0.5, 0.6) is 0 Å². The van der Waals surface area contributed by atoms with Gasteiger partial charge in [0.15, 0.2) is 0 Å². The molecule has 0 aromatic heterocycles. The number of hydrogen-bond acceptors (Lipinski definition) is 0. The van der Waals surface area contributed by atoms with Crippen LogP contribution in [0.4, 0.5) is 0 Å². The van der Waals surface area contributed by atoms with Crippen molar-refractivity contribution < 1.29 is 0 Å². The van der Waals surface area contributed by atoms with E-state index in [9.17, 15) is 0 Å². The Balaban J connectivity index is 0.000000671. The van der Waals surface area contributed by atoms with E-state index < -0.39 is 0 Å². The molecule has 0 N–H and O–H groups in total. The molecule has 0 radical (unpaired) electrons. The van der Waals surface area contributed by atoms with Crippen LogP contribution in [-0.4, -0.2) is 0 Å². The summed E-state index contributed by atoms with van der Waals surface area (Å²) in [7, 11) is 0. The monoisotopic (exact) mass is 485 g/mol. The number of fused-ring (bicyclic) bond motifs is 7. The van der Waals surface area contributed by atoms with E-state index in [2.05, 4.69) is 60.3 Å². The largest absolute Gasteiger partial charge is 0.0998 e. The van der Waals surface area contributed by atoms with Gasteiger partial charge in [0.25, 0.3) is 0 Å². The third-order valence-electron chi connectivity index (χ3n) is 11.9. The SMILES string of the molecule is C=C(C)[C@@H]1CC[C@]2(C)CCC3[C@H](CCC4[C@@]3(C)CCC3C(C)(C)C=CC[C@@]34C)C12.CC.CC.CC. The molecular weight excluding hydrogens is 420 g/mol. The van der Waals surface area contributed by atoms with Crippen LogP contribution < -0.4 is 0 Å². The van der Waals surface area contributed by atoms with Crippen molar-refractivity contribution in [3.63, 3.8) is 0 Å². The summed E-state index contributed by atoms with van der Waals surface area (Å²) in [5.74, 6) is 5.45. The van der Waals surface area contributed by atoms with Crippen LogP contribution in [0.25, 0.3) is 0 Å². The molecule has 35 heavy (non-hydrogen) atoms. The van der Waals surface area contributed by atoms with Gasteiger partial charge in [0.1, 0.15) is 0 Å². The molecule has 4 unspecified atom stereocenters. The van der Waals surface area contributed by atoms with Crippen LogP contribution in [-0.2, 0) is 0 Å². The predicted octanol–water partition coefficient (Wildman–Crippen LogP) is 11.5. The van der Waals surface area contributed by atoms with Gasteiger partial charge in [-0.05, 0) is 122 Å². The van der Waals surface area contributed by atoms with Crippen molar-refractivity contribution in [3.05, 3.63) is 24.3 Å². The smallest absolute Gasteiger partial charge is 0.0141 e. The first kappa shape index (κ1) is 30.7. The van der Waals surface area contributed by atoms with Gasteiger partial charge in [0.05, 0.1) is 0 Å². The topological polar surface area (TPSA) is 0 Å². The molecule has 0 nitrogen and oxygen atoms in total. The molecule has 4 saturated carbocycles. The van der Waals surface area contributed by atoms with Crippen LogP contribution in [0, 0.1) is 57.2 Å². The van der Waals surface area contributed by atoms with Crippen LogP contribution in [0.1, 0.15) is 141 Å². The molecule has 0 heteroatoms. The van der Waals surface area contributed by atoms with Gasteiger partial charge in [0, 0.05) is 0 Å². The molecule has 0 heterocycles. The van der Waals surface area contributed by atoms with Crippen LogP contribution >= 0.6 is 0 Å². The predicted molar refractivity (Wildman–Crippen MR) is 159 cm³/mol. The lowest BCUT2D eigenvalue weighted by Gasteiger charge is -2.68. The highest BCUT2D eigenvalue weighted by Gasteiger charge is 2.65. The highest BCUT2D eigenvalue weighted by molar-refractivity contribution is 5.20. The number of allylic oxidation sites excluding steroid dienone is 3. The van der Waals surface area contributed by atoms with Crippen molar-refractivity contribution in [2.24, 2.45) is 57.2 Å². The molecule has 5 aliphatic rings. The Labute approximate surface area is 222 Å². The van der Waals surface area contributed by atoms with E-state index in [-0.39, 0.29) is 0 Å². The molecule has 0 saturated heterocycles. The third-order valence-corrected chi connectivity index (χ3v) is 11.9. The molecule has 0 aromatic carbocycles. The molecule has 204 valence electrons. The lowest BCUT2D eigenvalue weighted by Crippen LogP contribution is -2.60. The molecule has 9 atom stereocenters. The van der Waals surface area contributed by atoms with Gasteiger partial charge in [-0.15, -0.1) is 0 Å². The molecule has 0 amide bonds. The Hall–Kier alpha value is -0.520. The van der Waals surface area contributed by atoms with E-state index in [1.54, 1.807) is 0 Å². The maximum Gasteiger partial charge on any atom is -0.0141 e. The van der Waals surface area contributed by atoms with E-state index in [4.69, 9.17) is 0 Å². The average molecular weight is 485 g/mol. The highest BCUT2D eigenvalue weighted by Crippen LogP contribution is 2.73. The lowest BCUT2D eigenvalue weighted by molar-refractivity contribution is -0.180. The summed E-state index contributed by atoms with van der Waals surface area (Å²) in [6.45, 7) is 31.9. The molecule has 5 aliphatic carbocycles. The molecule has 0 spiro atoms. The van der Waals surface area contributed by atoms with E-state index in [1.165, 1.54) is 63.4 Å². The van der Waals surface area contributed by atoms with Gasteiger partial charge in [-0.2, -0.15) is 0 Å². The summed E-state index contributed by atoms with van der Waals surface area (Å²) in [4.78, 5) is 0. The van der Waals surface area contributed by atoms with Gasteiger partial charge in [-0.3, -0.25) is 0 Å². The summed E-state index contributed by atoms with van der Waals surface area (Å²) < 4.78 is 0. The molecule has 0 aliphatic heterocycles. The quantitative estimate of drug-likeness (QED) is 0.324. The Morgan fingerprint density at radius 2 is 1.31 bits per heavy atom. The fraction of sp³-hybridized carbons (Fsp3) is 0.886. The van der Waals surface area contributed by atoms with Crippen molar-refractivity contribution in [1.29, 1.82) is 0 Å². The van der Waals surface area contributed by atoms with Crippen molar-refractivity contribution in [2.75, 3.05) is 0 Å². The normalized spacial score (nSPS) is 46.4. The van der Waals surface area contributed by atoms with Crippen LogP contribution in [0.3, 0.4) is 0 Å². The van der Waals surface area contributed by atoms with Crippen LogP contribution in [0.2, 0.25) is 0 Å². The second-order valence-electron chi connectivity index (χ2n) is 13.6. The fourth-order valence-electron chi connectivity index (χ4n) is 10.8. The lowest BCUT2D eigenvalue weighted by atomic mass is 9.37. The molecular formula is C35H64. The van der Waals surface area contributed by atoms with E-state index in [0.29, 0.717) is 21.7 Å². The number of rotatable bonds is 1. The van der Waals surface area contributed by atoms with E-state index in [0.717, 1.165) is 35.5 Å². The summed E-state index contributed by atoms with van der Waals surface area (Å²) in [6, 6.07) is 0. The maximum absolute atomic E-state index is 4.47. The summed E-state index contributed by atoms with van der Waals surface area (Å²) in [6.07, 6.45) is 18.2. The third kappa shape index (κ3) is 4.88. The molecule has 4 fully saturated rings. The minimum absolute atomic E-state index is 0.382. The summed E-state index contributed by atoms with van der Waals surface area (Å²) in [5.41, 5.74) is 3.55. The first-order chi connectivity index (χ1) is 16.5. The van der Waals surface area contributed by atoms with Gasteiger partial charge in [0.2, 0.25) is 0 Å². The first-order valence-electron chi connectivity index (χ1n) is 15.9. The van der Waals surface area contributed by atoms with Gasteiger partial charge >= 0.3 is 0 Å². The standard InChI is InChI=1S/C29H46.3C2H6/c1-19(2)20-11-16-27(5)17-12-22-21(25(20)27)9-10-24-28(22,6)18-13-23-26(3,4)14-8-15-29(23,24)7;3*1-2/h8,14,20-25H,1,9-13,15-18H2,2-7H3;3*1-2H3/t20-,21-,22?,23?,24?,25?,27+,28-,29-;;;/m0.../s1. The summed E-state index contributed by atoms with van der Waals surface area (Å²) in [5, 5.41) is 0. The first-order valence-corrected chi connectivity index (χ1v) is 15.9. The zero-order valence-corrected chi connectivity index (χ0v) is 26.2. The van der Waals surface area contributed by atoms with Crippen molar-refractivity contribution >= 4 is 0 Å². The fourth-order valence-corrected chi connectivity index (χ4v) is 10.8. The second kappa shape index (κ2) is 11.5. The van der Waals surface area contributed by atoms with Crippen molar-refractivity contribution in [1.82, 2.24) is 0 Å². The van der Waals surface area contributed by atoms with Gasteiger partial charge in [-0.25, -0.2) is 0 Å². The average Bonchev–Trinajstić information content (AvgIpc) is 3.20. The Morgan fingerprint density at radius 3 is 1.91 bits per heavy atom. The van der Waals surface area contributed by atoms with Crippen molar-refractivity contribution in [2.45, 2.75) is 141 Å². The Morgan fingerprint density at radius 1 is 0.714 bits per heavy atom. The highest BCUT2D eigenvalue weighted by atomic mass is 14.7. The zero-order valence-electron chi connectivity index (χ0n) is 26.2. The minimum Gasteiger partial charge on any atom is -0.0998 e. The maximum atomic E-state index is 4.47. The Bertz CT molecular complexity index is 726. The minimum atomic E-state index is 0.382.